The molecule has 0 fully saturated rings. The molecular weight excluding hydrogens is 661 g/mol. The first-order chi connectivity index (χ1) is 26.8. The fraction of sp³-hybridized carbons (Fsp3) is 0. The molecule has 12 rings (SSSR count). The van der Waals surface area contributed by atoms with Gasteiger partial charge in [-0.15, -0.1) is 0 Å². The molecule has 0 spiro atoms. The average molecular weight is 689 g/mol. The van der Waals surface area contributed by atoms with Gasteiger partial charge in [-0.3, -0.25) is 4.90 Å². The lowest BCUT2D eigenvalue weighted by atomic mass is 9.88. The van der Waals surface area contributed by atoms with Gasteiger partial charge in [-0.2, -0.15) is 9.97 Å². The van der Waals surface area contributed by atoms with Crippen molar-refractivity contribution in [3.63, 3.8) is 0 Å². The van der Waals surface area contributed by atoms with Crippen LogP contribution in [0.1, 0.15) is 0 Å². The van der Waals surface area contributed by atoms with Crippen molar-refractivity contribution >= 4 is 82.4 Å². The monoisotopic (exact) mass is 688 g/mol. The van der Waals surface area contributed by atoms with Crippen molar-refractivity contribution in [3.8, 4) is 33.9 Å². The van der Waals surface area contributed by atoms with Crippen LogP contribution in [0.15, 0.2) is 174 Å². The van der Waals surface area contributed by atoms with Crippen LogP contribution in [0.4, 0.5) is 17.3 Å². The van der Waals surface area contributed by atoms with Gasteiger partial charge >= 0.3 is 0 Å². The number of para-hydroxylation sites is 2. The van der Waals surface area contributed by atoms with E-state index in [-0.39, 0.29) is 0 Å². The summed E-state index contributed by atoms with van der Waals surface area (Å²) < 4.78 is 6.58. The molecule has 5 heteroatoms. The van der Waals surface area contributed by atoms with E-state index in [1.165, 1.54) is 27.1 Å². The molecule has 0 atom stereocenters. The maximum Gasteiger partial charge on any atom is 0.238 e. The number of hydrogen-bond donors (Lipinski definition) is 0. The fourth-order valence-corrected chi connectivity index (χ4v) is 8.66. The van der Waals surface area contributed by atoms with Gasteiger partial charge in [-0.05, 0) is 73.6 Å². The van der Waals surface area contributed by atoms with Crippen LogP contribution in [0.5, 0.6) is 0 Å². The number of nitrogens with zero attached hydrogens (tertiary/aromatic N) is 4. The number of fused-ring (bicyclic) bond motifs is 10. The van der Waals surface area contributed by atoms with Crippen molar-refractivity contribution in [1.82, 2.24) is 15.0 Å². The molecule has 0 unspecified atom stereocenters. The second-order valence-electron chi connectivity index (χ2n) is 14.0. The highest BCUT2D eigenvalue weighted by molar-refractivity contribution is 6.19. The van der Waals surface area contributed by atoms with Gasteiger partial charge in [0.1, 0.15) is 11.2 Å². The summed E-state index contributed by atoms with van der Waals surface area (Å²) in [6.45, 7) is 0. The molecule has 0 amide bonds. The van der Waals surface area contributed by atoms with Crippen molar-refractivity contribution in [3.05, 3.63) is 170 Å². The molecule has 0 saturated heterocycles. The van der Waals surface area contributed by atoms with Crippen molar-refractivity contribution in [2.24, 2.45) is 0 Å². The Morgan fingerprint density at radius 1 is 0.389 bits per heavy atom. The quantitative estimate of drug-likeness (QED) is 0.173. The SMILES string of the molecule is c1ccc2c3c(ccc2c1)N(c1nc(-c2cc4ccccc4c4ccccc24)nc(-c2cccc4c2oc2ccccc24)n1)c1cccc2cccc-3c12. The number of aromatic nitrogens is 3. The number of furan rings is 1. The third-order valence-electron chi connectivity index (χ3n) is 11.0. The Bertz CT molecular complexity index is 3360. The molecule has 1 aliphatic rings. The molecular formula is C49H28N4O. The van der Waals surface area contributed by atoms with Crippen LogP contribution in [0.25, 0.3) is 98.9 Å². The Hall–Kier alpha value is -7.37. The van der Waals surface area contributed by atoms with Crippen LogP contribution in [0.3, 0.4) is 0 Å². The summed E-state index contributed by atoms with van der Waals surface area (Å²) in [4.78, 5) is 18.4. The maximum absolute atomic E-state index is 6.58. The normalized spacial score (nSPS) is 12.4. The third-order valence-corrected chi connectivity index (χ3v) is 11.0. The van der Waals surface area contributed by atoms with E-state index in [1.54, 1.807) is 0 Å². The van der Waals surface area contributed by atoms with Gasteiger partial charge in [0.15, 0.2) is 11.6 Å². The Morgan fingerprint density at radius 2 is 1.02 bits per heavy atom. The summed E-state index contributed by atoms with van der Waals surface area (Å²) in [6.07, 6.45) is 0. The summed E-state index contributed by atoms with van der Waals surface area (Å²) >= 11 is 0. The first-order valence-electron chi connectivity index (χ1n) is 18.2. The second-order valence-corrected chi connectivity index (χ2v) is 14.0. The zero-order valence-corrected chi connectivity index (χ0v) is 28.9. The summed E-state index contributed by atoms with van der Waals surface area (Å²) in [6, 6.07) is 59.7. The number of benzene rings is 9. The zero-order chi connectivity index (χ0) is 35.3. The molecule has 0 radical (unpaired) electrons. The van der Waals surface area contributed by atoms with Crippen LogP contribution in [-0.2, 0) is 0 Å². The molecule has 0 N–H and O–H groups in total. The topological polar surface area (TPSA) is 55.1 Å². The summed E-state index contributed by atoms with van der Waals surface area (Å²) in [5.41, 5.74) is 7.75. The van der Waals surface area contributed by atoms with E-state index in [1.807, 2.05) is 18.2 Å². The van der Waals surface area contributed by atoms with Gasteiger partial charge < -0.3 is 4.42 Å². The highest BCUT2D eigenvalue weighted by Crippen LogP contribution is 2.53. The van der Waals surface area contributed by atoms with Gasteiger partial charge in [-0.1, -0.05) is 140 Å². The Labute approximate surface area is 309 Å². The Morgan fingerprint density at radius 3 is 1.89 bits per heavy atom. The molecule has 2 aromatic heterocycles. The predicted molar refractivity (Wildman–Crippen MR) is 222 cm³/mol. The lowest BCUT2D eigenvalue weighted by Gasteiger charge is -2.33. The highest BCUT2D eigenvalue weighted by Gasteiger charge is 2.30. The van der Waals surface area contributed by atoms with Gasteiger partial charge in [0.05, 0.1) is 16.9 Å². The van der Waals surface area contributed by atoms with Gasteiger partial charge in [0.25, 0.3) is 0 Å². The van der Waals surface area contributed by atoms with E-state index in [0.717, 1.165) is 71.5 Å². The van der Waals surface area contributed by atoms with Crippen molar-refractivity contribution < 1.29 is 4.42 Å². The molecule has 0 bridgehead atoms. The Kier molecular flexibility index (Phi) is 5.99. The second kappa shape index (κ2) is 11.1. The van der Waals surface area contributed by atoms with Crippen molar-refractivity contribution in [1.29, 1.82) is 0 Å². The molecule has 5 nitrogen and oxygen atoms in total. The van der Waals surface area contributed by atoms with Crippen molar-refractivity contribution in [2.45, 2.75) is 0 Å². The minimum atomic E-state index is 0.541. The summed E-state index contributed by atoms with van der Waals surface area (Å²) in [5.74, 6) is 1.68. The molecule has 250 valence electrons. The predicted octanol–water partition coefficient (Wildman–Crippen LogP) is 13.2. The van der Waals surface area contributed by atoms with Crippen LogP contribution in [-0.4, -0.2) is 15.0 Å². The first kappa shape index (κ1) is 29.2. The minimum Gasteiger partial charge on any atom is -0.455 e. The lowest BCUT2D eigenvalue weighted by molar-refractivity contribution is 0.669. The largest absolute Gasteiger partial charge is 0.455 e. The van der Waals surface area contributed by atoms with Gasteiger partial charge in [0.2, 0.25) is 5.95 Å². The van der Waals surface area contributed by atoms with Crippen LogP contribution >= 0.6 is 0 Å². The zero-order valence-electron chi connectivity index (χ0n) is 28.9. The molecule has 1 aliphatic heterocycles. The van der Waals surface area contributed by atoms with Gasteiger partial charge in [0, 0.05) is 27.3 Å². The minimum absolute atomic E-state index is 0.541. The smallest absolute Gasteiger partial charge is 0.238 e. The standard InChI is InChI=1S/C49H28N4O/c1-4-17-33-29(12-1)26-27-42-45(33)38-22-9-14-30-15-10-24-41(44(30)38)53(42)49-51-47(39-23-11-21-37-36-20-7-8-25-43(36)54-46(37)39)50-48(52-49)40-28-31-13-2-3-16-32(31)34-18-5-6-19-35(34)40/h1-28H. The number of hydrogen-bond acceptors (Lipinski definition) is 5. The molecule has 0 saturated carbocycles. The van der Waals surface area contributed by atoms with Crippen molar-refractivity contribution in [2.75, 3.05) is 4.90 Å². The van der Waals surface area contributed by atoms with Crippen LogP contribution < -0.4 is 4.90 Å². The number of anilines is 3. The molecule has 0 aliphatic carbocycles. The maximum atomic E-state index is 6.58. The molecule has 3 heterocycles. The first-order valence-corrected chi connectivity index (χ1v) is 18.2. The van der Waals surface area contributed by atoms with E-state index >= 15 is 0 Å². The van der Waals surface area contributed by atoms with Crippen LogP contribution in [0, 0.1) is 0 Å². The fourth-order valence-electron chi connectivity index (χ4n) is 8.66. The average Bonchev–Trinajstić information content (AvgIpc) is 3.62. The third kappa shape index (κ3) is 4.12. The molecule has 11 aromatic rings. The van der Waals surface area contributed by atoms with E-state index in [2.05, 4.69) is 157 Å². The van der Waals surface area contributed by atoms with E-state index in [9.17, 15) is 0 Å². The Balaban J connectivity index is 1.21. The highest BCUT2D eigenvalue weighted by atomic mass is 16.3. The number of rotatable bonds is 3. The molecule has 9 aromatic carbocycles. The van der Waals surface area contributed by atoms with Gasteiger partial charge in [-0.25, -0.2) is 4.98 Å². The summed E-state index contributed by atoms with van der Waals surface area (Å²) in [7, 11) is 0. The van der Waals surface area contributed by atoms with Crippen LogP contribution in [0.2, 0.25) is 0 Å². The van der Waals surface area contributed by atoms with E-state index in [4.69, 9.17) is 19.4 Å². The molecule has 54 heavy (non-hydrogen) atoms. The van der Waals surface area contributed by atoms with E-state index in [0.29, 0.717) is 17.6 Å². The summed E-state index contributed by atoms with van der Waals surface area (Å²) in [5, 5.41) is 11.3. The van der Waals surface area contributed by atoms with E-state index < -0.39 is 0 Å². The lowest BCUT2D eigenvalue weighted by Crippen LogP contribution is -2.19.